The number of carbonyl (C=O) groups is 1. The highest BCUT2D eigenvalue weighted by atomic mass is 79.9. The fourth-order valence-electron chi connectivity index (χ4n) is 2.14. The van der Waals surface area contributed by atoms with Gasteiger partial charge in [-0.15, -0.1) is 0 Å². The number of likely N-dealkylation sites (tertiary alicyclic amines) is 1. The van der Waals surface area contributed by atoms with Gasteiger partial charge in [0.25, 0.3) is 0 Å². The van der Waals surface area contributed by atoms with Crippen LogP contribution in [0.25, 0.3) is 0 Å². The second-order valence-corrected chi connectivity index (χ2v) is 5.70. The molecule has 0 aromatic heterocycles. The van der Waals surface area contributed by atoms with Crippen molar-refractivity contribution in [2.75, 3.05) is 6.54 Å². The van der Waals surface area contributed by atoms with Crippen LogP contribution in [0.4, 0.5) is 0 Å². The van der Waals surface area contributed by atoms with Crippen molar-refractivity contribution in [2.45, 2.75) is 25.3 Å². The van der Waals surface area contributed by atoms with E-state index in [4.69, 9.17) is 0 Å². The van der Waals surface area contributed by atoms with E-state index in [-0.39, 0.29) is 11.9 Å². The Balaban J connectivity index is 2.14. The summed E-state index contributed by atoms with van der Waals surface area (Å²) in [7, 11) is 0. The third kappa shape index (κ3) is 3.97. The Hall–Kier alpha value is -1.53. The molecule has 2 rings (SSSR count). The normalized spacial score (nSPS) is 18.7. The van der Waals surface area contributed by atoms with E-state index < -0.39 is 0 Å². The Morgan fingerprint density at radius 1 is 1.42 bits per heavy atom. The molecule has 0 aliphatic carbocycles. The molecule has 1 aliphatic rings. The van der Waals surface area contributed by atoms with Crippen LogP contribution < -0.4 is 0 Å². The molecule has 0 N–H and O–H groups in total. The van der Waals surface area contributed by atoms with Gasteiger partial charge in [0, 0.05) is 16.5 Å². The molecule has 1 aromatic rings. The Labute approximate surface area is 122 Å². The SMILES string of the molecule is C=C(Br)CN1C(=O)CCCC1C#Cc1ccccc1. The number of hydrogen-bond donors (Lipinski definition) is 0. The van der Waals surface area contributed by atoms with Crippen molar-refractivity contribution >= 4 is 21.8 Å². The van der Waals surface area contributed by atoms with E-state index >= 15 is 0 Å². The van der Waals surface area contributed by atoms with E-state index in [9.17, 15) is 4.79 Å². The van der Waals surface area contributed by atoms with Gasteiger partial charge in [0.2, 0.25) is 5.91 Å². The number of halogens is 1. The fourth-order valence-corrected chi connectivity index (χ4v) is 2.41. The van der Waals surface area contributed by atoms with Crippen molar-refractivity contribution in [1.82, 2.24) is 4.90 Å². The topological polar surface area (TPSA) is 20.3 Å². The minimum absolute atomic E-state index is 0.00393. The van der Waals surface area contributed by atoms with E-state index in [1.54, 1.807) is 0 Å². The zero-order valence-electron chi connectivity index (χ0n) is 10.7. The zero-order chi connectivity index (χ0) is 13.7. The van der Waals surface area contributed by atoms with Gasteiger partial charge in [-0.25, -0.2) is 0 Å². The van der Waals surface area contributed by atoms with E-state index in [2.05, 4.69) is 34.3 Å². The lowest BCUT2D eigenvalue weighted by Crippen LogP contribution is -2.43. The summed E-state index contributed by atoms with van der Waals surface area (Å²) in [5, 5.41) is 0. The number of carbonyl (C=O) groups excluding carboxylic acids is 1. The van der Waals surface area contributed by atoms with Crippen LogP contribution in [-0.4, -0.2) is 23.4 Å². The first-order valence-electron chi connectivity index (χ1n) is 6.36. The van der Waals surface area contributed by atoms with Crippen molar-refractivity contribution in [1.29, 1.82) is 0 Å². The maximum Gasteiger partial charge on any atom is 0.223 e. The van der Waals surface area contributed by atoms with Gasteiger partial charge in [0.1, 0.15) is 0 Å². The van der Waals surface area contributed by atoms with E-state index in [1.807, 2.05) is 35.2 Å². The first kappa shape index (κ1) is 13.9. The first-order chi connectivity index (χ1) is 9.16. The van der Waals surface area contributed by atoms with Crippen molar-refractivity contribution in [2.24, 2.45) is 0 Å². The zero-order valence-corrected chi connectivity index (χ0v) is 12.3. The van der Waals surface area contributed by atoms with Crippen LogP contribution in [0.2, 0.25) is 0 Å². The van der Waals surface area contributed by atoms with Crippen LogP contribution in [0.15, 0.2) is 41.4 Å². The Kier molecular flexibility index (Phi) is 4.81. The maximum absolute atomic E-state index is 11.9. The third-order valence-electron chi connectivity index (χ3n) is 3.06. The average molecular weight is 318 g/mol. The molecule has 98 valence electrons. The molecule has 1 fully saturated rings. The minimum atomic E-state index is -0.00393. The van der Waals surface area contributed by atoms with Crippen LogP contribution >= 0.6 is 15.9 Å². The Morgan fingerprint density at radius 3 is 2.84 bits per heavy atom. The molecule has 0 spiro atoms. The lowest BCUT2D eigenvalue weighted by molar-refractivity contribution is -0.134. The molecule has 19 heavy (non-hydrogen) atoms. The fraction of sp³-hybridized carbons (Fsp3) is 0.312. The van der Waals surface area contributed by atoms with Crippen molar-refractivity contribution in [3.63, 3.8) is 0 Å². The maximum atomic E-state index is 11.9. The van der Waals surface area contributed by atoms with Crippen molar-refractivity contribution in [3.8, 4) is 11.8 Å². The lowest BCUT2D eigenvalue weighted by Gasteiger charge is -2.32. The van der Waals surface area contributed by atoms with Crippen molar-refractivity contribution < 1.29 is 4.79 Å². The molecule has 1 unspecified atom stereocenters. The lowest BCUT2D eigenvalue weighted by atomic mass is 10.0. The second-order valence-electron chi connectivity index (χ2n) is 4.58. The standard InChI is InChI=1S/C16H16BrNO/c1-13(17)12-18-15(8-5-9-16(18)19)11-10-14-6-3-2-4-7-14/h2-4,6-7,15H,1,5,8-9,12H2. The number of hydrogen-bond acceptors (Lipinski definition) is 1. The molecular formula is C16H16BrNO. The molecule has 1 heterocycles. The van der Waals surface area contributed by atoms with Gasteiger partial charge >= 0.3 is 0 Å². The number of benzene rings is 1. The molecule has 1 aromatic carbocycles. The third-order valence-corrected chi connectivity index (χ3v) is 3.31. The van der Waals surface area contributed by atoms with E-state index in [1.165, 1.54) is 0 Å². The summed E-state index contributed by atoms with van der Waals surface area (Å²) in [6, 6.07) is 9.85. The van der Waals surface area contributed by atoms with Crippen LogP contribution in [0.1, 0.15) is 24.8 Å². The van der Waals surface area contributed by atoms with E-state index in [0.29, 0.717) is 13.0 Å². The molecule has 2 nitrogen and oxygen atoms in total. The van der Waals surface area contributed by atoms with E-state index in [0.717, 1.165) is 22.9 Å². The van der Waals surface area contributed by atoms with Crippen molar-refractivity contribution in [3.05, 3.63) is 47.0 Å². The van der Waals surface area contributed by atoms with Gasteiger partial charge in [0.05, 0.1) is 12.6 Å². The van der Waals surface area contributed by atoms with Crippen LogP contribution in [0, 0.1) is 11.8 Å². The summed E-state index contributed by atoms with van der Waals surface area (Å²) in [4.78, 5) is 13.8. The summed E-state index contributed by atoms with van der Waals surface area (Å²) in [6.07, 6.45) is 2.47. The van der Waals surface area contributed by atoms with Gasteiger partial charge in [0.15, 0.2) is 0 Å². The summed E-state index contributed by atoms with van der Waals surface area (Å²) < 4.78 is 0.814. The first-order valence-corrected chi connectivity index (χ1v) is 7.15. The summed E-state index contributed by atoms with van der Waals surface area (Å²) in [5.41, 5.74) is 0.984. The quantitative estimate of drug-likeness (QED) is 0.766. The molecule has 1 atom stereocenters. The molecule has 0 saturated carbocycles. The minimum Gasteiger partial charge on any atom is -0.324 e. The molecule has 1 aliphatic heterocycles. The highest BCUT2D eigenvalue weighted by Gasteiger charge is 2.26. The van der Waals surface area contributed by atoms with Crippen LogP contribution in [0.3, 0.4) is 0 Å². The highest BCUT2D eigenvalue weighted by Crippen LogP contribution is 2.20. The summed E-state index contributed by atoms with van der Waals surface area (Å²) >= 11 is 3.32. The summed E-state index contributed by atoms with van der Waals surface area (Å²) in [5.74, 6) is 6.53. The van der Waals surface area contributed by atoms with Crippen LogP contribution in [-0.2, 0) is 4.79 Å². The predicted octanol–water partition coefficient (Wildman–Crippen LogP) is 3.33. The Bertz CT molecular complexity index is 527. The number of piperidine rings is 1. The molecule has 1 saturated heterocycles. The van der Waals surface area contributed by atoms with Gasteiger partial charge < -0.3 is 4.90 Å². The molecule has 0 bridgehead atoms. The molecular weight excluding hydrogens is 302 g/mol. The monoisotopic (exact) mass is 317 g/mol. The van der Waals surface area contributed by atoms with Gasteiger partial charge in [-0.1, -0.05) is 52.5 Å². The second kappa shape index (κ2) is 6.58. The smallest absolute Gasteiger partial charge is 0.223 e. The molecule has 1 amide bonds. The number of amides is 1. The summed E-state index contributed by atoms with van der Waals surface area (Å²) in [6.45, 7) is 4.35. The van der Waals surface area contributed by atoms with Crippen LogP contribution in [0.5, 0.6) is 0 Å². The molecule has 3 heteroatoms. The predicted molar refractivity (Wildman–Crippen MR) is 80.7 cm³/mol. The Morgan fingerprint density at radius 2 is 2.16 bits per heavy atom. The average Bonchev–Trinajstić information content (AvgIpc) is 2.40. The largest absolute Gasteiger partial charge is 0.324 e. The van der Waals surface area contributed by atoms with Gasteiger partial charge in [-0.05, 0) is 25.0 Å². The number of nitrogens with zero attached hydrogens (tertiary/aromatic N) is 1. The highest BCUT2D eigenvalue weighted by molar-refractivity contribution is 9.11. The molecule has 0 radical (unpaired) electrons. The van der Waals surface area contributed by atoms with Gasteiger partial charge in [-0.3, -0.25) is 4.79 Å². The number of rotatable bonds is 2. The van der Waals surface area contributed by atoms with Gasteiger partial charge in [-0.2, -0.15) is 0 Å².